The zero-order valence-corrected chi connectivity index (χ0v) is 11.3. The van der Waals surface area contributed by atoms with Gasteiger partial charge in [0.05, 0.1) is 0 Å². The third-order valence-electron chi connectivity index (χ3n) is 2.78. The van der Waals surface area contributed by atoms with E-state index in [-0.39, 0.29) is 11.8 Å². The average Bonchev–Trinajstić information content (AvgIpc) is 2.87. The van der Waals surface area contributed by atoms with E-state index in [1.165, 1.54) is 11.3 Å². The van der Waals surface area contributed by atoms with Gasteiger partial charge in [0.15, 0.2) is 0 Å². The maximum Gasteiger partial charge on any atom is 0.148 e. The van der Waals surface area contributed by atoms with Crippen LogP contribution in [0, 0.1) is 11.6 Å². The Balaban J connectivity index is 2.25. The molecule has 0 aliphatic rings. The summed E-state index contributed by atoms with van der Waals surface area (Å²) >= 11 is 1.51. The normalized spacial score (nSPS) is 14.1. The predicted octanol–water partition coefficient (Wildman–Crippen LogP) is 3.88. The van der Waals surface area contributed by atoms with Gasteiger partial charge in [0.25, 0.3) is 0 Å². The molecule has 0 saturated carbocycles. The van der Waals surface area contributed by atoms with Crippen LogP contribution in [0.2, 0.25) is 0 Å². The molecule has 2 aromatic rings. The highest BCUT2D eigenvalue weighted by atomic mass is 32.1. The summed E-state index contributed by atoms with van der Waals surface area (Å²) in [5, 5.41) is 1.92. The molecule has 1 aromatic heterocycles. The van der Waals surface area contributed by atoms with E-state index in [0.29, 0.717) is 6.42 Å². The largest absolute Gasteiger partial charge is 0.483 e. The van der Waals surface area contributed by atoms with Crippen molar-refractivity contribution in [2.24, 2.45) is 5.73 Å². The highest BCUT2D eigenvalue weighted by molar-refractivity contribution is 7.10. The van der Waals surface area contributed by atoms with Gasteiger partial charge in [0, 0.05) is 29.1 Å². The minimum Gasteiger partial charge on any atom is -0.483 e. The van der Waals surface area contributed by atoms with Gasteiger partial charge in [0.1, 0.15) is 23.5 Å². The Morgan fingerprint density at radius 2 is 1.95 bits per heavy atom. The van der Waals surface area contributed by atoms with Crippen LogP contribution in [0.15, 0.2) is 35.7 Å². The fraction of sp³-hybridized carbons (Fsp3) is 0.286. The molecule has 0 radical (unpaired) electrons. The molecule has 2 atom stereocenters. The number of benzene rings is 1. The van der Waals surface area contributed by atoms with Crippen LogP contribution in [0.4, 0.5) is 8.78 Å². The Labute approximate surface area is 114 Å². The van der Waals surface area contributed by atoms with Crippen molar-refractivity contribution >= 4 is 11.3 Å². The Morgan fingerprint density at radius 1 is 1.26 bits per heavy atom. The van der Waals surface area contributed by atoms with E-state index in [9.17, 15) is 8.78 Å². The second kappa shape index (κ2) is 6.12. The lowest BCUT2D eigenvalue weighted by atomic mass is 10.1. The lowest BCUT2D eigenvalue weighted by molar-refractivity contribution is 0.173. The summed E-state index contributed by atoms with van der Waals surface area (Å²) in [5.74, 6) is -1.17. The molecule has 0 spiro atoms. The van der Waals surface area contributed by atoms with Crippen LogP contribution in [0.1, 0.15) is 24.3 Å². The summed E-state index contributed by atoms with van der Waals surface area (Å²) in [6.07, 6.45) is 0.312. The standard InChI is InChI=1S/C14H15F2NOS/c1-2-12(17)14(13-4-3-5-19-13)18-11-7-9(15)6-10(16)8-11/h3-8,12,14H,2,17H2,1H3. The molecule has 1 aromatic carbocycles. The second-order valence-electron chi connectivity index (χ2n) is 4.23. The van der Waals surface area contributed by atoms with Crippen molar-refractivity contribution in [2.75, 3.05) is 0 Å². The topological polar surface area (TPSA) is 35.2 Å². The molecule has 5 heteroatoms. The van der Waals surface area contributed by atoms with Gasteiger partial charge in [-0.1, -0.05) is 13.0 Å². The molecule has 0 aliphatic heterocycles. The number of hydrogen-bond acceptors (Lipinski definition) is 3. The molecule has 2 rings (SSSR count). The van der Waals surface area contributed by atoms with E-state index in [2.05, 4.69) is 0 Å². The SMILES string of the molecule is CCC(N)C(Oc1cc(F)cc(F)c1)c1cccs1. The van der Waals surface area contributed by atoms with Crippen LogP contribution < -0.4 is 10.5 Å². The predicted molar refractivity (Wildman–Crippen MR) is 72.3 cm³/mol. The zero-order valence-electron chi connectivity index (χ0n) is 10.5. The van der Waals surface area contributed by atoms with Crippen molar-refractivity contribution in [3.63, 3.8) is 0 Å². The Hall–Kier alpha value is -1.46. The number of thiophene rings is 1. The van der Waals surface area contributed by atoms with Crippen LogP contribution in [0.5, 0.6) is 5.75 Å². The van der Waals surface area contributed by atoms with Gasteiger partial charge in [-0.15, -0.1) is 11.3 Å². The molecule has 0 bridgehead atoms. The summed E-state index contributed by atoms with van der Waals surface area (Å²) in [7, 11) is 0. The molecular weight excluding hydrogens is 268 g/mol. The lowest BCUT2D eigenvalue weighted by Crippen LogP contribution is -2.30. The maximum atomic E-state index is 13.2. The molecule has 0 saturated heterocycles. The van der Waals surface area contributed by atoms with Crippen LogP contribution in [0.25, 0.3) is 0 Å². The van der Waals surface area contributed by atoms with E-state index in [4.69, 9.17) is 10.5 Å². The van der Waals surface area contributed by atoms with Gasteiger partial charge in [-0.05, 0) is 17.9 Å². The van der Waals surface area contributed by atoms with Gasteiger partial charge in [0.2, 0.25) is 0 Å². The van der Waals surface area contributed by atoms with Gasteiger partial charge in [-0.25, -0.2) is 8.78 Å². The molecule has 1 heterocycles. The molecule has 0 fully saturated rings. The Kier molecular flexibility index (Phi) is 4.50. The van der Waals surface area contributed by atoms with E-state index in [1.807, 2.05) is 24.4 Å². The summed E-state index contributed by atoms with van der Waals surface area (Å²) < 4.78 is 32.0. The number of ether oxygens (including phenoxy) is 1. The van der Waals surface area contributed by atoms with Crippen molar-refractivity contribution in [1.29, 1.82) is 0 Å². The first kappa shape index (κ1) is 14.0. The van der Waals surface area contributed by atoms with Crippen molar-refractivity contribution in [3.05, 3.63) is 52.2 Å². The fourth-order valence-corrected chi connectivity index (χ4v) is 2.60. The van der Waals surface area contributed by atoms with Crippen LogP contribution in [-0.2, 0) is 0 Å². The molecule has 19 heavy (non-hydrogen) atoms. The van der Waals surface area contributed by atoms with Crippen LogP contribution in [0.3, 0.4) is 0 Å². The van der Waals surface area contributed by atoms with Gasteiger partial charge in [-0.3, -0.25) is 0 Å². The molecule has 2 unspecified atom stereocenters. The minimum atomic E-state index is -0.662. The third-order valence-corrected chi connectivity index (χ3v) is 3.72. The Morgan fingerprint density at radius 3 is 2.47 bits per heavy atom. The third kappa shape index (κ3) is 3.52. The van der Waals surface area contributed by atoms with Crippen LogP contribution >= 0.6 is 11.3 Å². The first-order valence-corrected chi connectivity index (χ1v) is 6.90. The number of nitrogens with two attached hydrogens (primary N) is 1. The summed E-state index contributed by atoms with van der Waals surface area (Å²) in [4.78, 5) is 0.944. The molecule has 0 amide bonds. The van der Waals surface area contributed by atoms with Gasteiger partial charge < -0.3 is 10.5 Å². The summed E-state index contributed by atoms with van der Waals surface area (Å²) in [5.41, 5.74) is 6.03. The Bertz CT molecular complexity index is 510. The van der Waals surface area contributed by atoms with Gasteiger partial charge in [-0.2, -0.15) is 0 Å². The van der Waals surface area contributed by atoms with E-state index in [1.54, 1.807) is 0 Å². The molecular formula is C14H15F2NOS. The highest BCUT2D eigenvalue weighted by Crippen LogP contribution is 2.29. The zero-order chi connectivity index (χ0) is 13.8. The monoisotopic (exact) mass is 283 g/mol. The lowest BCUT2D eigenvalue weighted by Gasteiger charge is -2.23. The first-order valence-electron chi connectivity index (χ1n) is 6.02. The number of halogens is 2. The van der Waals surface area contributed by atoms with Crippen molar-refractivity contribution in [1.82, 2.24) is 0 Å². The van der Waals surface area contributed by atoms with Crippen molar-refractivity contribution < 1.29 is 13.5 Å². The quantitative estimate of drug-likeness (QED) is 0.903. The van der Waals surface area contributed by atoms with E-state index < -0.39 is 17.7 Å². The van der Waals surface area contributed by atoms with E-state index >= 15 is 0 Å². The minimum absolute atomic E-state index is 0.153. The smallest absolute Gasteiger partial charge is 0.148 e. The molecule has 2 nitrogen and oxygen atoms in total. The summed E-state index contributed by atoms with van der Waals surface area (Å²) in [6, 6.07) is 6.70. The molecule has 2 N–H and O–H groups in total. The number of rotatable bonds is 5. The van der Waals surface area contributed by atoms with Crippen molar-refractivity contribution in [3.8, 4) is 5.75 Å². The fourth-order valence-electron chi connectivity index (χ4n) is 1.77. The molecule has 0 aliphatic carbocycles. The van der Waals surface area contributed by atoms with Crippen LogP contribution in [-0.4, -0.2) is 6.04 Å². The van der Waals surface area contributed by atoms with Gasteiger partial charge >= 0.3 is 0 Å². The first-order chi connectivity index (χ1) is 9.10. The molecule has 102 valence electrons. The average molecular weight is 283 g/mol. The summed E-state index contributed by atoms with van der Waals surface area (Å²) in [6.45, 7) is 1.95. The van der Waals surface area contributed by atoms with E-state index in [0.717, 1.165) is 23.1 Å². The van der Waals surface area contributed by atoms with Crippen molar-refractivity contribution in [2.45, 2.75) is 25.5 Å². The number of hydrogen-bond donors (Lipinski definition) is 1. The second-order valence-corrected chi connectivity index (χ2v) is 5.21. The maximum absolute atomic E-state index is 13.2. The highest BCUT2D eigenvalue weighted by Gasteiger charge is 2.22.